The first-order valence-electron chi connectivity index (χ1n) is 4.54. The van der Waals surface area contributed by atoms with Gasteiger partial charge in [-0.3, -0.25) is 0 Å². The van der Waals surface area contributed by atoms with E-state index in [9.17, 15) is 9.59 Å². The van der Waals surface area contributed by atoms with Gasteiger partial charge in [0.25, 0.3) is 0 Å². The molecule has 16 heavy (non-hydrogen) atoms. The van der Waals surface area contributed by atoms with Gasteiger partial charge >= 0.3 is 0 Å². The third-order valence-corrected chi connectivity index (χ3v) is 7.41. The summed E-state index contributed by atoms with van der Waals surface area (Å²) >= 11 is 9.72. The standard InChI is InChI=1S/C10H8Br2O2S2/c11-7-1-9(5-13,15-3-7)10(6-14)2-8(12)4-16-10/h1,4-6H,2-3H2. The molecule has 0 bridgehead atoms. The van der Waals surface area contributed by atoms with Gasteiger partial charge in [-0.15, -0.1) is 23.5 Å². The highest BCUT2D eigenvalue weighted by molar-refractivity contribution is 9.12. The van der Waals surface area contributed by atoms with E-state index in [1.54, 1.807) is 0 Å². The molecule has 2 atom stereocenters. The minimum Gasteiger partial charge on any atom is -0.302 e. The van der Waals surface area contributed by atoms with E-state index in [1.807, 2.05) is 11.5 Å². The zero-order valence-electron chi connectivity index (χ0n) is 8.11. The molecule has 2 aliphatic heterocycles. The molecule has 86 valence electrons. The van der Waals surface area contributed by atoms with Crippen molar-refractivity contribution in [1.29, 1.82) is 0 Å². The Kier molecular flexibility index (Phi) is 3.74. The number of carbonyl (C=O) groups is 2. The number of rotatable bonds is 3. The quantitative estimate of drug-likeness (QED) is 0.700. The normalized spacial score (nSPS) is 38.1. The number of allylic oxidation sites excluding steroid dienone is 1. The van der Waals surface area contributed by atoms with Crippen LogP contribution in [-0.2, 0) is 9.59 Å². The van der Waals surface area contributed by atoms with Crippen molar-refractivity contribution >= 4 is 68.0 Å². The zero-order chi connectivity index (χ0) is 11.8. The molecule has 2 rings (SSSR count). The lowest BCUT2D eigenvalue weighted by Crippen LogP contribution is -2.48. The van der Waals surface area contributed by atoms with E-state index < -0.39 is 9.49 Å². The molecule has 2 unspecified atom stereocenters. The molecule has 0 fully saturated rings. The van der Waals surface area contributed by atoms with Crippen LogP contribution in [0.15, 0.2) is 20.4 Å². The summed E-state index contributed by atoms with van der Waals surface area (Å²) in [6.07, 6.45) is 4.24. The van der Waals surface area contributed by atoms with E-state index in [1.165, 1.54) is 23.5 Å². The Morgan fingerprint density at radius 1 is 1.25 bits per heavy atom. The Hall–Kier alpha value is 0.480. The van der Waals surface area contributed by atoms with Crippen molar-refractivity contribution in [3.63, 3.8) is 0 Å². The lowest BCUT2D eigenvalue weighted by atomic mass is 9.89. The molecular formula is C10H8Br2O2S2. The summed E-state index contributed by atoms with van der Waals surface area (Å²) in [5, 5.41) is 1.90. The molecule has 2 nitrogen and oxygen atoms in total. The minimum atomic E-state index is -0.746. The van der Waals surface area contributed by atoms with Crippen LogP contribution in [0.1, 0.15) is 6.42 Å². The van der Waals surface area contributed by atoms with Crippen LogP contribution in [0.3, 0.4) is 0 Å². The molecule has 0 aliphatic carbocycles. The summed E-state index contributed by atoms with van der Waals surface area (Å²) in [5.41, 5.74) is 0. The van der Waals surface area contributed by atoms with Crippen molar-refractivity contribution in [3.8, 4) is 0 Å². The fraction of sp³-hybridized carbons (Fsp3) is 0.400. The summed E-state index contributed by atoms with van der Waals surface area (Å²) in [6.45, 7) is 0. The molecule has 0 aromatic rings. The second-order valence-corrected chi connectivity index (χ2v) is 8.15. The summed E-state index contributed by atoms with van der Waals surface area (Å²) in [7, 11) is 0. The van der Waals surface area contributed by atoms with Crippen LogP contribution in [0.4, 0.5) is 0 Å². The van der Waals surface area contributed by atoms with Gasteiger partial charge in [-0.2, -0.15) is 0 Å². The van der Waals surface area contributed by atoms with Gasteiger partial charge in [-0.1, -0.05) is 31.9 Å². The van der Waals surface area contributed by atoms with Crippen LogP contribution in [0, 0.1) is 0 Å². The molecule has 0 spiro atoms. The van der Waals surface area contributed by atoms with E-state index in [-0.39, 0.29) is 0 Å². The predicted molar refractivity (Wildman–Crippen MR) is 76.3 cm³/mol. The summed E-state index contributed by atoms with van der Waals surface area (Å²) < 4.78 is 0.509. The van der Waals surface area contributed by atoms with Crippen molar-refractivity contribution in [1.82, 2.24) is 0 Å². The summed E-state index contributed by atoms with van der Waals surface area (Å²) in [4.78, 5) is 22.9. The fourth-order valence-electron chi connectivity index (χ4n) is 1.81. The fourth-order valence-corrected chi connectivity index (χ4v) is 6.02. The van der Waals surface area contributed by atoms with Crippen LogP contribution < -0.4 is 0 Å². The van der Waals surface area contributed by atoms with Gasteiger partial charge in [-0.25, -0.2) is 0 Å². The van der Waals surface area contributed by atoms with Gasteiger partial charge in [0.05, 0.1) is 0 Å². The minimum absolute atomic E-state index is 0.573. The number of carbonyl (C=O) groups excluding carboxylic acids is 2. The first-order valence-corrected chi connectivity index (χ1v) is 7.99. The average molecular weight is 384 g/mol. The molecule has 0 N–H and O–H groups in total. The Morgan fingerprint density at radius 3 is 2.38 bits per heavy atom. The zero-order valence-corrected chi connectivity index (χ0v) is 12.9. The Labute approximate surface area is 119 Å². The van der Waals surface area contributed by atoms with Gasteiger partial charge in [0.15, 0.2) is 0 Å². The second-order valence-electron chi connectivity index (χ2n) is 3.66. The van der Waals surface area contributed by atoms with Gasteiger partial charge in [0, 0.05) is 21.1 Å². The lowest BCUT2D eigenvalue weighted by molar-refractivity contribution is -0.115. The molecule has 0 aromatic heterocycles. The van der Waals surface area contributed by atoms with Crippen LogP contribution >= 0.6 is 55.4 Å². The van der Waals surface area contributed by atoms with E-state index in [2.05, 4.69) is 31.9 Å². The van der Waals surface area contributed by atoms with E-state index in [0.717, 1.165) is 27.3 Å². The molecule has 2 aliphatic rings. The monoisotopic (exact) mass is 382 g/mol. The smallest absolute Gasteiger partial charge is 0.141 e. The Balaban J connectivity index is 2.41. The summed E-state index contributed by atoms with van der Waals surface area (Å²) in [6, 6.07) is 0. The average Bonchev–Trinajstić information content (AvgIpc) is 2.84. The SMILES string of the molecule is O=CC1(C2(C=O)CC(Br)=CS2)C=C(Br)CS1. The number of thioether (sulfide) groups is 2. The van der Waals surface area contributed by atoms with Crippen molar-refractivity contribution in [2.45, 2.75) is 15.9 Å². The maximum atomic E-state index is 11.4. The van der Waals surface area contributed by atoms with Crippen LogP contribution in [0.5, 0.6) is 0 Å². The molecule has 0 saturated heterocycles. The number of hydrogen-bond donors (Lipinski definition) is 0. The van der Waals surface area contributed by atoms with E-state index >= 15 is 0 Å². The molecule has 0 amide bonds. The van der Waals surface area contributed by atoms with Crippen LogP contribution in [-0.4, -0.2) is 27.8 Å². The Bertz CT molecular complexity index is 408. The van der Waals surface area contributed by atoms with E-state index in [4.69, 9.17) is 0 Å². The third kappa shape index (κ3) is 1.87. The molecule has 6 heteroatoms. The second kappa shape index (κ2) is 4.63. The molecule has 0 radical (unpaired) electrons. The van der Waals surface area contributed by atoms with Crippen LogP contribution in [0.25, 0.3) is 0 Å². The van der Waals surface area contributed by atoms with Crippen molar-refractivity contribution in [2.75, 3.05) is 5.75 Å². The number of hydrogen-bond acceptors (Lipinski definition) is 4. The largest absolute Gasteiger partial charge is 0.302 e. The first-order chi connectivity index (χ1) is 7.57. The van der Waals surface area contributed by atoms with Gasteiger partial charge in [0.1, 0.15) is 22.1 Å². The highest BCUT2D eigenvalue weighted by Crippen LogP contribution is 2.56. The lowest BCUT2D eigenvalue weighted by Gasteiger charge is -2.35. The van der Waals surface area contributed by atoms with Crippen molar-refractivity contribution < 1.29 is 9.59 Å². The number of aldehydes is 2. The van der Waals surface area contributed by atoms with Gasteiger partial charge in [-0.05, 0) is 11.5 Å². The van der Waals surface area contributed by atoms with Crippen molar-refractivity contribution in [3.05, 3.63) is 20.4 Å². The maximum absolute atomic E-state index is 11.4. The number of halogens is 2. The first kappa shape index (κ1) is 12.9. The topological polar surface area (TPSA) is 34.1 Å². The van der Waals surface area contributed by atoms with Gasteiger partial charge < -0.3 is 9.59 Å². The Morgan fingerprint density at radius 2 is 2.00 bits per heavy atom. The predicted octanol–water partition coefficient (Wildman–Crippen LogP) is 3.26. The van der Waals surface area contributed by atoms with Crippen molar-refractivity contribution in [2.24, 2.45) is 0 Å². The van der Waals surface area contributed by atoms with Gasteiger partial charge in [0.2, 0.25) is 0 Å². The summed E-state index contributed by atoms with van der Waals surface area (Å²) in [5.74, 6) is 0.743. The molecular weight excluding hydrogens is 376 g/mol. The van der Waals surface area contributed by atoms with Crippen LogP contribution in [0.2, 0.25) is 0 Å². The highest BCUT2D eigenvalue weighted by atomic mass is 79.9. The maximum Gasteiger partial charge on any atom is 0.141 e. The molecule has 0 aromatic carbocycles. The molecule has 0 saturated carbocycles. The van der Waals surface area contributed by atoms with E-state index in [0.29, 0.717) is 6.42 Å². The molecule has 2 heterocycles. The third-order valence-electron chi connectivity index (χ3n) is 2.68. The highest BCUT2D eigenvalue weighted by Gasteiger charge is 2.55.